The molecule has 0 amide bonds. The van der Waals surface area contributed by atoms with Crippen LogP contribution in [0, 0.1) is 0 Å². The van der Waals surface area contributed by atoms with Gasteiger partial charge in [0.2, 0.25) is 0 Å². The summed E-state index contributed by atoms with van der Waals surface area (Å²) in [6.45, 7) is 2.68. The molecule has 0 spiro atoms. The Labute approximate surface area is 165 Å². The van der Waals surface area contributed by atoms with Gasteiger partial charge in [0.15, 0.2) is 5.78 Å². The fraction of sp³-hybridized carbons (Fsp3) is 0.200. The van der Waals surface area contributed by atoms with Crippen molar-refractivity contribution in [2.75, 3.05) is 7.11 Å². The van der Waals surface area contributed by atoms with E-state index < -0.39 is 0 Å². The highest BCUT2D eigenvalue weighted by Gasteiger charge is 2.08. The van der Waals surface area contributed by atoms with Crippen LogP contribution in [0.1, 0.15) is 32.6 Å². The maximum atomic E-state index is 12.3. The van der Waals surface area contributed by atoms with Crippen LogP contribution in [0.2, 0.25) is 0 Å². The molecule has 134 valence electrons. The minimum Gasteiger partial charge on any atom is -0.496 e. The van der Waals surface area contributed by atoms with Crippen molar-refractivity contribution in [3.63, 3.8) is 0 Å². The normalized spacial score (nSPS) is 11.2. The molecule has 0 aliphatic heterocycles. The quantitative estimate of drug-likeness (QED) is 0.381. The lowest BCUT2D eigenvalue weighted by atomic mass is 10.1. The number of methoxy groups -OCH3 is 1. The first-order valence-corrected chi connectivity index (χ1v) is 9.86. The molecule has 0 unspecified atom stereocenters. The number of aryl methyl sites for hydroxylation is 1. The van der Waals surface area contributed by atoms with Gasteiger partial charge in [-0.15, -0.1) is 11.3 Å². The van der Waals surface area contributed by atoms with Crippen molar-refractivity contribution in [1.82, 2.24) is 9.78 Å². The Bertz CT molecular complexity index is 943. The van der Waals surface area contributed by atoms with Crippen LogP contribution < -0.4 is 4.74 Å². The van der Waals surface area contributed by atoms with Crippen LogP contribution in [0.15, 0.2) is 53.3 Å². The van der Waals surface area contributed by atoms with Gasteiger partial charge in [0.25, 0.3) is 0 Å². The summed E-state index contributed by atoms with van der Waals surface area (Å²) in [5, 5.41) is 4.28. The Morgan fingerprint density at radius 3 is 2.85 bits per heavy atom. The van der Waals surface area contributed by atoms with Crippen molar-refractivity contribution < 1.29 is 9.53 Å². The molecule has 3 aromatic rings. The van der Waals surface area contributed by atoms with Crippen molar-refractivity contribution in [2.24, 2.45) is 0 Å². The van der Waals surface area contributed by atoms with E-state index >= 15 is 0 Å². The monoisotopic (exact) mass is 430 g/mol. The van der Waals surface area contributed by atoms with Gasteiger partial charge in [-0.2, -0.15) is 5.10 Å². The molecular formula is C20H19BrN2O2S. The Morgan fingerprint density at radius 2 is 2.19 bits per heavy atom. The van der Waals surface area contributed by atoms with Crippen molar-refractivity contribution in [3.05, 3.63) is 74.2 Å². The predicted octanol–water partition coefficient (Wildman–Crippen LogP) is 5.22. The van der Waals surface area contributed by atoms with Crippen molar-refractivity contribution >= 4 is 39.1 Å². The summed E-state index contributed by atoms with van der Waals surface area (Å²) in [6, 6.07) is 9.78. The molecule has 0 fully saturated rings. The molecule has 0 saturated carbocycles. The van der Waals surface area contributed by atoms with E-state index in [0.29, 0.717) is 6.54 Å². The summed E-state index contributed by atoms with van der Waals surface area (Å²) >= 11 is 4.96. The van der Waals surface area contributed by atoms with Gasteiger partial charge in [0.1, 0.15) is 5.75 Å². The third-order valence-electron chi connectivity index (χ3n) is 3.92. The fourth-order valence-corrected chi connectivity index (χ4v) is 3.78. The number of carbonyl (C=O) groups is 1. The zero-order valence-electron chi connectivity index (χ0n) is 14.6. The summed E-state index contributed by atoms with van der Waals surface area (Å²) in [6.07, 6.45) is 8.08. The van der Waals surface area contributed by atoms with Gasteiger partial charge in [-0.05, 0) is 58.3 Å². The number of aromatic nitrogens is 2. The summed E-state index contributed by atoms with van der Waals surface area (Å²) in [5.74, 6) is 0.828. The Hall–Kier alpha value is -2.18. The number of allylic oxidation sites excluding steroid dienone is 1. The van der Waals surface area contributed by atoms with Crippen molar-refractivity contribution in [3.8, 4) is 5.75 Å². The second-order valence-corrected chi connectivity index (χ2v) is 7.83. The molecule has 1 aromatic carbocycles. The first-order valence-electron chi connectivity index (χ1n) is 8.25. The Kier molecular flexibility index (Phi) is 6.06. The lowest BCUT2D eigenvalue weighted by molar-refractivity contribution is 0.105. The molecule has 0 bridgehead atoms. The Balaban J connectivity index is 1.79. The van der Waals surface area contributed by atoms with Gasteiger partial charge < -0.3 is 4.74 Å². The van der Waals surface area contributed by atoms with Gasteiger partial charge in [0.05, 0.1) is 29.2 Å². The van der Waals surface area contributed by atoms with Gasteiger partial charge in [-0.3, -0.25) is 9.48 Å². The van der Waals surface area contributed by atoms with E-state index in [2.05, 4.69) is 28.0 Å². The largest absolute Gasteiger partial charge is 0.496 e. The first-order chi connectivity index (χ1) is 12.6. The number of rotatable bonds is 7. The van der Waals surface area contributed by atoms with E-state index in [0.717, 1.165) is 32.6 Å². The number of hydrogen-bond donors (Lipinski definition) is 0. The molecule has 4 nitrogen and oxygen atoms in total. The van der Waals surface area contributed by atoms with Gasteiger partial charge in [-0.25, -0.2) is 0 Å². The molecule has 2 heterocycles. The van der Waals surface area contributed by atoms with E-state index in [1.54, 1.807) is 30.7 Å². The number of benzene rings is 1. The minimum atomic E-state index is 0.0306. The number of ether oxygens (including phenoxy) is 1. The van der Waals surface area contributed by atoms with Gasteiger partial charge >= 0.3 is 0 Å². The molecule has 2 aromatic heterocycles. The highest BCUT2D eigenvalue weighted by molar-refractivity contribution is 9.10. The number of halogens is 1. The van der Waals surface area contributed by atoms with E-state index in [9.17, 15) is 4.79 Å². The number of ketones is 1. The SMILES string of the molecule is CCc1ccc(C(=O)/C=C/c2ccc(OC)c(Cn3cc(Br)cn3)c2)s1. The van der Waals surface area contributed by atoms with Crippen molar-refractivity contribution in [2.45, 2.75) is 19.9 Å². The fourth-order valence-electron chi connectivity index (χ4n) is 2.58. The second-order valence-electron chi connectivity index (χ2n) is 5.74. The lowest BCUT2D eigenvalue weighted by Gasteiger charge is -2.09. The van der Waals surface area contributed by atoms with Crippen LogP contribution >= 0.6 is 27.3 Å². The minimum absolute atomic E-state index is 0.0306. The summed E-state index contributed by atoms with van der Waals surface area (Å²) in [5.41, 5.74) is 1.95. The molecule has 0 aliphatic rings. The van der Waals surface area contributed by atoms with Gasteiger partial charge in [0, 0.05) is 16.6 Å². The average Bonchev–Trinajstić information content (AvgIpc) is 3.29. The number of nitrogens with zero attached hydrogens (tertiary/aromatic N) is 2. The third kappa shape index (κ3) is 4.51. The maximum absolute atomic E-state index is 12.3. The van der Waals surface area contributed by atoms with Crippen LogP contribution in [0.5, 0.6) is 5.75 Å². The number of carbonyl (C=O) groups excluding carboxylic acids is 1. The third-order valence-corrected chi connectivity index (χ3v) is 5.57. The van der Waals surface area contributed by atoms with E-state index in [1.807, 2.05) is 47.3 Å². The molecule has 0 N–H and O–H groups in total. The summed E-state index contributed by atoms with van der Waals surface area (Å²) in [4.78, 5) is 14.3. The summed E-state index contributed by atoms with van der Waals surface area (Å²) in [7, 11) is 1.65. The van der Waals surface area contributed by atoms with E-state index in [4.69, 9.17) is 4.74 Å². The number of hydrogen-bond acceptors (Lipinski definition) is 4. The van der Waals surface area contributed by atoms with Crippen LogP contribution in [-0.2, 0) is 13.0 Å². The summed E-state index contributed by atoms with van der Waals surface area (Å²) < 4.78 is 8.21. The van der Waals surface area contributed by atoms with Crippen LogP contribution in [0.3, 0.4) is 0 Å². The lowest BCUT2D eigenvalue weighted by Crippen LogP contribution is -2.02. The molecule has 0 aliphatic carbocycles. The highest BCUT2D eigenvalue weighted by Crippen LogP contribution is 2.23. The molecule has 0 radical (unpaired) electrons. The smallest absolute Gasteiger partial charge is 0.195 e. The molecule has 0 saturated heterocycles. The van der Waals surface area contributed by atoms with Crippen molar-refractivity contribution in [1.29, 1.82) is 0 Å². The number of thiophene rings is 1. The second kappa shape index (κ2) is 8.47. The van der Waals surface area contributed by atoms with Crippen LogP contribution in [0.4, 0.5) is 0 Å². The maximum Gasteiger partial charge on any atom is 0.195 e. The standard InChI is InChI=1S/C20H19BrN2O2S/c1-3-17-6-9-20(26-17)18(24)7-4-14-5-8-19(25-2)15(10-14)12-23-13-16(21)11-22-23/h4-11,13H,3,12H2,1-2H3/b7-4+. The zero-order valence-corrected chi connectivity index (χ0v) is 17.0. The molecule has 0 atom stereocenters. The topological polar surface area (TPSA) is 44.1 Å². The average molecular weight is 431 g/mol. The van der Waals surface area contributed by atoms with Crippen LogP contribution in [0.25, 0.3) is 6.08 Å². The molecule has 26 heavy (non-hydrogen) atoms. The van der Waals surface area contributed by atoms with Gasteiger partial charge in [-0.1, -0.05) is 19.1 Å². The molecule has 6 heteroatoms. The van der Waals surface area contributed by atoms with E-state index in [1.165, 1.54) is 4.88 Å². The zero-order chi connectivity index (χ0) is 18.5. The predicted molar refractivity (Wildman–Crippen MR) is 109 cm³/mol. The van der Waals surface area contributed by atoms with E-state index in [-0.39, 0.29) is 5.78 Å². The Morgan fingerprint density at radius 1 is 1.35 bits per heavy atom. The molecular weight excluding hydrogens is 412 g/mol. The highest BCUT2D eigenvalue weighted by atomic mass is 79.9. The van der Waals surface area contributed by atoms with Crippen LogP contribution in [-0.4, -0.2) is 22.7 Å². The first kappa shape index (κ1) is 18.6. The molecule has 3 rings (SSSR count).